The first-order valence-electron chi connectivity index (χ1n) is 5.41. The lowest BCUT2D eigenvalue weighted by molar-refractivity contribution is -0.121. The highest BCUT2D eigenvalue weighted by molar-refractivity contribution is 5.93. The number of hydrogen-bond acceptors (Lipinski definition) is 5. The van der Waals surface area contributed by atoms with Gasteiger partial charge in [0.2, 0.25) is 0 Å². The molecule has 1 atom stereocenters. The molecule has 0 aromatic heterocycles. The Kier molecular flexibility index (Phi) is 3.77. The number of carbonyl (C=O) groups excluding carboxylic acids is 2. The summed E-state index contributed by atoms with van der Waals surface area (Å²) in [4.78, 5) is 22.3. The molecule has 0 saturated carbocycles. The summed E-state index contributed by atoms with van der Waals surface area (Å²) < 4.78 is 0. The van der Waals surface area contributed by atoms with Gasteiger partial charge < -0.3 is 5.11 Å². The summed E-state index contributed by atoms with van der Waals surface area (Å²) in [6.07, 6.45) is 3.81. The summed E-state index contributed by atoms with van der Waals surface area (Å²) in [6, 6.07) is 5.69. The van der Waals surface area contributed by atoms with E-state index in [4.69, 9.17) is 0 Å². The monoisotopic (exact) mass is 258 g/mol. The number of aromatic hydroxyl groups is 1. The van der Waals surface area contributed by atoms with Crippen molar-refractivity contribution in [3.63, 3.8) is 0 Å². The quantitative estimate of drug-likeness (QED) is 0.617. The minimum absolute atomic E-state index is 0.0587. The van der Waals surface area contributed by atoms with Crippen LogP contribution in [0.2, 0.25) is 0 Å². The molecule has 2 amide bonds. The lowest BCUT2D eigenvalue weighted by Crippen LogP contribution is -2.29. The highest BCUT2D eigenvalue weighted by atomic mass is 16.3. The molecule has 2 rings (SSSR count). The summed E-state index contributed by atoms with van der Waals surface area (Å²) in [7, 11) is 0. The van der Waals surface area contributed by atoms with Gasteiger partial charge in [0.05, 0.1) is 6.21 Å². The molecule has 1 aromatic rings. The van der Waals surface area contributed by atoms with Crippen molar-refractivity contribution in [1.82, 2.24) is 5.43 Å². The van der Waals surface area contributed by atoms with E-state index in [2.05, 4.69) is 20.8 Å². The zero-order chi connectivity index (χ0) is 13.7. The minimum atomic E-state index is -0.862. The van der Waals surface area contributed by atoms with E-state index in [9.17, 15) is 14.7 Å². The van der Waals surface area contributed by atoms with Gasteiger partial charge in [0.15, 0.2) is 6.04 Å². The number of nitrogens with one attached hydrogen (secondary N) is 1. The van der Waals surface area contributed by atoms with Gasteiger partial charge in [0, 0.05) is 11.6 Å². The van der Waals surface area contributed by atoms with Crippen LogP contribution in [0.1, 0.15) is 5.56 Å². The maximum Gasteiger partial charge on any atom is 0.287 e. The summed E-state index contributed by atoms with van der Waals surface area (Å²) in [5.74, 6) is -0.954. The van der Waals surface area contributed by atoms with Crippen LogP contribution in [0.15, 0.2) is 51.7 Å². The number of benzene rings is 1. The minimum Gasteiger partial charge on any atom is -0.507 e. The van der Waals surface area contributed by atoms with Crippen LogP contribution in [0.25, 0.3) is 0 Å². The van der Waals surface area contributed by atoms with E-state index in [-0.39, 0.29) is 5.75 Å². The first-order valence-corrected chi connectivity index (χ1v) is 5.41. The van der Waals surface area contributed by atoms with Gasteiger partial charge in [-0.15, -0.1) is 5.11 Å². The smallest absolute Gasteiger partial charge is 0.287 e. The summed E-state index contributed by atoms with van der Waals surface area (Å²) >= 11 is 0. The molecule has 0 aliphatic carbocycles. The van der Waals surface area contributed by atoms with Crippen LogP contribution in [0.5, 0.6) is 5.75 Å². The predicted octanol–water partition coefficient (Wildman–Crippen LogP) is 0.759. The van der Waals surface area contributed by atoms with Crippen molar-refractivity contribution in [3.8, 4) is 5.75 Å². The van der Waals surface area contributed by atoms with Crippen molar-refractivity contribution in [1.29, 1.82) is 0 Å². The van der Waals surface area contributed by atoms with Crippen molar-refractivity contribution in [2.45, 2.75) is 6.04 Å². The predicted molar refractivity (Wildman–Crippen MR) is 66.6 cm³/mol. The average Bonchev–Trinajstić information content (AvgIpc) is 2.41. The average molecular weight is 258 g/mol. The van der Waals surface area contributed by atoms with Crippen LogP contribution in [0.4, 0.5) is 0 Å². The zero-order valence-electron chi connectivity index (χ0n) is 9.72. The number of para-hydroxylation sites is 1. The topological polar surface area (TPSA) is 103 Å². The van der Waals surface area contributed by atoms with E-state index in [0.29, 0.717) is 5.56 Å². The summed E-state index contributed by atoms with van der Waals surface area (Å²) in [6.45, 7) is 0. The third-order valence-electron chi connectivity index (χ3n) is 2.29. The van der Waals surface area contributed by atoms with Gasteiger partial charge in [-0.05, 0) is 18.2 Å². The first kappa shape index (κ1) is 12.6. The molecule has 0 spiro atoms. The van der Waals surface area contributed by atoms with Crippen LogP contribution in [-0.2, 0) is 9.59 Å². The molecular weight excluding hydrogens is 248 g/mol. The Morgan fingerprint density at radius 3 is 2.89 bits per heavy atom. The van der Waals surface area contributed by atoms with E-state index in [0.717, 1.165) is 0 Å². The van der Waals surface area contributed by atoms with E-state index in [1.165, 1.54) is 24.4 Å². The number of hydrazone groups is 1. The zero-order valence-corrected chi connectivity index (χ0v) is 9.72. The van der Waals surface area contributed by atoms with Crippen LogP contribution in [0.3, 0.4) is 0 Å². The molecule has 1 unspecified atom stereocenters. The van der Waals surface area contributed by atoms with Gasteiger partial charge in [-0.3, -0.25) is 9.59 Å². The number of phenolic OH excluding ortho intramolecular Hbond substituents is 1. The maximum atomic E-state index is 11.6. The van der Waals surface area contributed by atoms with Crippen molar-refractivity contribution in [3.05, 3.63) is 42.0 Å². The number of nitrogens with zero attached hydrogens (tertiary/aromatic N) is 3. The number of rotatable bonds is 3. The molecule has 1 heterocycles. The van der Waals surface area contributed by atoms with Gasteiger partial charge in [-0.2, -0.15) is 10.2 Å². The number of phenols is 1. The Hall–Kier alpha value is -2.83. The molecule has 1 aromatic carbocycles. The molecule has 0 saturated heterocycles. The molecule has 0 fully saturated rings. The van der Waals surface area contributed by atoms with E-state index < -0.39 is 17.9 Å². The largest absolute Gasteiger partial charge is 0.507 e. The number of carbonyl (C=O) groups is 2. The Bertz CT molecular complexity index is 576. The van der Waals surface area contributed by atoms with E-state index in [1.807, 2.05) is 0 Å². The second-order valence-electron chi connectivity index (χ2n) is 3.65. The van der Waals surface area contributed by atoms with E-state index in [1.54, 1.807) is 18.2 Å². The SMILES string of the molecule is O=C1C=CC(C(=O)N/N=C/c2ccccc2O)N=N1. The van der Waals surface area contributed by atoms with Gasteiger partial charge in [-0.1, -0.05) is 12.1 Å². The van der Waals surface area contributed by atoms with Gasteiger partial charge >= 0.3 is 0 Å². The summed E-state index contributed by atoms with van der Waals surface area (Å²) in [5.41, 5.74) is 2.72. The number of hydrogen-bond donors (Lipinski definition) is 2. The molecule has 7 heteroatoms. The van der Waals surface area contributed by atoms with Crippen LogP contribution in [-0.4, -0.2) is 29.2 Å². The maximum absolute atomic E-state index is 11.6. The molecule has 7 nitrogen and oxygen atoms in total. The number of amides is 2. The Morgan fingerprint density at radius 1 is 1.42 bits per heavy atom. The van der Waals surface area contributed by atoms with Crippen molar-refractivity contribution in [2.24, 2.45) is 15.3 Å². The molecule has 0 bridgehead atoms. The molecule has 2 N–H and O–H groups in total. The molecule has 1 aliphatic rings. The third kappa shape index (κ3) is 3.32. The fraction of sp³-hybridized carbons (Fsp3) is 0.0833. The highest BCUT2D eigenvalue weighted by Gasteiger charge is 2.17. The van der Waals surface area contributed by atoms with Gasteiger partial charge in [-0.25, -0.2) is 5.43 Å². The number of azo groups is 1. The fourth-order valence-electron chi connectivity index (χ4n) is 1.33. The summed E-state index contributed by atoms with van der Waals surface area (Å²) in [5, 5.41) is 19.9. The standard InChI is InChI=1S/C12H10N4O3/c17-10-4-2-1-3-8(10)7-13-16-12(19)9-5-6-11(18)15-14-9/h1-7,9,17H,(H,16,19)/b13-7+. The second-order valence-corrected chi connectivity index (χ2v) is 3.65. The lowest BCUT2D eigenvalue weighted by Gasteiger charge is -2.06. The van der Waals surface area contributed by atoms with Crippen LogP contribution < -0.4 is 5.43 Å². The third-order valence-corrected chi connectivity index (χ3v) is 2.29. The lowest BCUT2D eigenvalue weighted by atomic mass is 10.2. The molecule has 1 aliphatic heterocycles. The Balaban J connectivity index is 1.94. The fourth-order valence-corrected chi connectivity index (χ4v) is 1.33. The molecule has 0 radical (unpaired) electrons. The van der Waals surface area contributed by atoms with Crippen molar-refractivity contribution >= 4 is 18.0 Å². The molecule has 19 heavy (non-hydrogen) atoms. The van der Waals surface area contributed by atoms with Crippen LogP contribution in [0, 0.1) is 0 Å². The van der Waals surface area contributed by atoms with Gasteiger partial charge in [0.1, 0.15) is 5.75 Å². The van der Waals surface area contributed by atoms with Crippen LogP contribution >= 0.6 is 0 Å². The second kappa shape index (κ2) is 5.67. The first-order chi connectivity index (χ1) is 9.16. The Morgan fingerprint density at radius 2 is 2.21 bits per heavy atom. The normalized spacial score (nSPS) is 17.9. The van der Waals surface area contributed by atoms with Crippen molar-refractivity contribution < 1.29 is 14.7 Å². The molecular formula is C12H10N4O3. The van der Waals surface area contributed by atoms with Crippen molar-refractivity contribution in [2.75, 3.05) is 0 Å². The molecule has 96 valence electrons. The van der Waals surface area contributed by atoms with Gasteiger partial charge in [0.25, 0.3) is 11.8 Å². The Labute approximate surface area is 108 Å². The van der Waals surface area contributed by atoms with E-state index >= 15 is 0 Å². The highest BCUT2D eigenvalue weighted by Crippen LogP contribution is 2.12.